The second kappa shape index (κ2) is 11.4. The quantitative estimate of drug-likeness (QED) is 0.242. The summed E-state index contributed by atoms with van der Waals surface area (Å²) < 4.78 is 16.3. The van der Waals surface area contributed by atoms with Crippen LogP contribution in [0.5, 0.6) is 11.5 Å². The number of hydrogen-bond acceptors (Lipinski definition) is 6. The van der Waals surface area contributed by atoms with E-state index in [9.17, 15) is 9.59 Å². The second-order valence-electron chi connectivity index (χ2n) is 7.42. The summed E-state index contributed by atoms with van der Waals surface area (Å²) in [5.74, 6) is -0.202. The minimum absolute atomic E-state index is 0.163. The summed E-state index contributed by atoms with van der Waals surface area (Å²) in [5, 5.41) is 0. The first-order valence-corrected chi connectivity index (χ1v) is 11.1. The molecule has 6 heteroatoms. The van der Waals surface area contributed by atoms with Crippen molar-refractivity contribution in [3.05, 3.63) is 113 Å². The van der Waals surface area contributed by atoms with Gasteiger partial charge in [-0.3, -0.25) is 0 Å². The summed E-state index contributed by atoms with van der Waals surface area (Å²) in [7, 11) is 0. The van der Waals surface area contributed by atoms with E-state index in [4.69, 9.17) is 14.2 Å². The molecule has 174 valence electrons. The van der Waals surface area contributed by atoms with Crippen LogP contribution in [0.25, 0.3) is 18.2 Å². The third-order valence-electron chi connectivity index (χ3n) is 4.85. The summed E-state index contributed by atoms with van der Waals surface area (Å²) in [4.78, 5) is 28.8. The molecule has 35 heavy (non-hydrogen) atoms. The number of cyclic esters (lactones) is 1. The molecule has 3 aromatic rings. The predicted octanol–water partition coefficient (Wildman–Crippen LogP) is 5.71. The Morgan fingerprint density at radius 3 is 2.23 bits per heavy atom. The van der Waals surface area contributed by atoms with Gasteiger partial charge in [-0.15, -0.1) is 0 Å². The van der Waals surface area contributed by atoms with Crippen LogP contribution in [-0.2, 0) is 14.3 Å². The number of aliphatic imine (C=N–C) groups is 1. The number of hydrogen-bond donors (Lipinski definition) is 0. The molecule has 0 spiro atoms. The highest BCUT2D eigenvalue weighted by Crippen LogP contribution is 2.30. The van der Waals surface area contributed by atoms with E-state index >= 15 is 0 Å². The lowest BCUT2D eigenvalue weighted by Gasteiger charge is -2.10. The van der Waals surface area contributed by atoms with Gasteiger partial charge in [0.25, 0.3) is 0 Å². The van der Waals surface area contributed by atoms with E-state index in [1.54, 1.807) is 36.4 Å². The van der Waals surface area contributed by atoms with E-state index in [-0.39, 0.29) is 17.3 Å². The Bertz CT molecular complexity index is 1320. The molecule has 0 unspecified atom stereocenters. The molecule has 0 aliphatic carbocycles. The van der Waals surface area contributed by atoms with E-state index in [0.29, 0.717) is 17.9 Å². The Morgan fingerprint density at radius 1 is 0.857 bits per heavy atom. The molecule has 0 amide bonds. The van der Waals surface area contributed by atoms with Crippen LogP contribution in [0, 0.1) is 0 Å². The smallest absolute Gasteiger partial charge is 0.363 e. The Labute approximate surface area is 203 Å². The molecule has 1 heterocycles. The lowest BCUT2D eigenvalue weighted by atomic mass is 10.1. The second-order valence-corrected chi connectivity index (χ2v) is 7.42. The van der Waals surface area contributed by atoms with Gasteiger partial charge in [0.1, 0.15) is 0 Å². The van der Waals surface area contributed by atoms with Gasteiger partial charge < -0.3 is 14.2 Å². The summed E-state index contributed by atoms with van der Waals surface area (Å²) in [6, 6.07) is 24.1. The van der Waals surface area contributed by atoms with Crippen LogP contribution in [0.3, 0.4) is 0 Å². The summed E-state index contributed by atoms with van der Waals surface area (Å²) in [5.41, 5.74) is 2.67. The maximum Gasteiger partial charge on any atom is 0.363 e. The Hall–Kier alpha value is -4.71. The standard InChI is InChI=1S/C29H23NO5/c1-2-33-26-20-23(13-16-25(26)34-28(31)18-15-22-11-7-4-8-12-22)19-24-29(32)35-27(30-24)17-14-21-9-5-3-6-10-21/h3-20H,2H2,1H3/b17-14+,18-15+,24-19+. The van der Waals surface area contributed by atoms with Crippen molar-refractivity contribution in [2.75, 3.05) is 6.61 Å². The molecule has 1 aliphatic rings. The molecule has 0 saturated carbocycles. The first-order chi connectivity index (χ1) is 17.1. The maximum absolute atomic E-state index is 12.3. The number of rotatable bonds is 8. The minimum Gasteiger partial charge on any atom is -0.490 e. The van der Waals surface area contributed by atoms with Crippen molar-refractivity contribution in [1.29, 1.82) is 0 Å². The molecule has 0 atom stereocenters. The van der Waals surface area contributed by atoms with Crippen LogP contribution in [-0.4, -0.2) is 24.4 Å². The van der Waals surface area contributed by atoms with Crippen molar-refractivity contribution in [2.24, 2.45) is 4.99 Å². The molecule has 0 radical (unpaired) electrons. The third-order valence-corrected chi connectivity index (χ3v) is 4.85. The van der Waals surface area contributed by atoms with Crippen LogP contribution in [0.4, 0.5) is 0 Å². The van der Waals surface area contributed by atoms with Gasteiger partial charge >= 0.3 is 11.9 Å². The SMILES string of the molecule is CCOc1cc(/C=C2N=C(/C=C/c3ccccc3)OC/2=O)ccc1OC(=O)/C=C/c1ccccc1. The van der Waals surface area contributed by atoms with Gasteiger partial charge in [0.05, 0.1) is 6.61 Å². The number of esters is 2. The van der Waals surface area contributed by atoms with Crippen molar-refractivity contribution in [1.82, 2.24) is 0 Å². The van der Waals surface area contributed by atoms with Crippen molar-refractivity contribution in [3.8, 4) is 11.5 Å². The minimum atomic E-state index is -0.544. The van der Waals surface area contributed by atoms with Gasteiger partial charge in [-0.25, -0.2) is 14.6 Å². The average Bonchev–Trinajstić information content (AvgIpc) is 3.23. The first kappa shape index (κ1) is 23.4. The highest BCUT2D eigenvalue weighted by Gasteiger charge is 2.21. The van der Waals surface area contributed by atoms with Crippen molar-refractivity contribution in [3.63, 3.8) is 0 Å². The van der Waals surface area contributed by atoms with E-state index in [1.807, 2.05) is 73.7 Å². The predicted molar refractivity (Wildman–Crippen MR) is 136 cm³/mol. The zero-order valence-corrected chi connectivity index (χ0v) is 19.1. The number of carbonyl (C=O) groups is 2. The van der Waals surface area contributed by atoms with Crippen LogP contribution >= 0.6 is 0 Å². The molecule has 0 bridgehead atoms. The van der Waals surface area contributed by atoms with Crippen molar-refractivity contribution in [2.45, 2.75) is 6.92 Å². The topological polar surface area (TPSA) is 74.2 Å². The number of benzene rings is 3. The summed E-state index contributed by atoms with van der Waals surface area (Å²) in [6.45, 7) is 2.20. The molecule has 0 aromatic heterocycles. The molecule has 0 saturated heterocycles. The van der Waals surface area contributed by atoms with Crippen LogP contribution in [0.15, 0.2) is 102 Å². The highest BCUT2D eigenvalue weighted by molar-refractivity contribution is 6.11. The van der Waals surface area contributed by atoms with Crippen molar-refractivity contribution >= 4 is 36.1 Å². The lowest BCUT2D eigenvalue weighted by molar-refractivity contribution is -0.130. The summed E-state index contributed by atoms with van der Waals surface area (Å²) in [6.07, 6.45) is 8.08. The molecule has 0 fully saturated rings. The Kier molecular flexibility index (Phi) is 7.66. The number of ether oxygens (including phenoxy) is 3. The fourth-order valence-electron chi connectivity index (χ4n) is 3.22. The Morgan fingerprint density at radius 2 is 1.54 bits per heavy atom. The molecule has 3 aromatic carbocycles. The fraction of sp³-hybridized carbons (Fsp3) is 0.0690. The molecule has 0 N–H and O–H groups in total. The molecular weight excluding hydrogens is 442 g/mol. The fourth-order valence-corrected chi connectivity index (χ4v) is 3.22. The van der Waals surface area contributed by atoms with Gasteiger partial charge in [0, 0.05) is 12.2 Å². The van der Waals surface area contributed by atoms with E-state index in [0.717, 1.165) is 11.1 Å². The molecule has 6 nitrogen and oxygen atoms in total. The monoisotopic (exact) mass is 465 g/mol. The first-order valence-electron chi connectivity index (χ1n) is 11.1. The van der Waals surface area contributed by atoms with E-state index < -0.39 is 11.9 Å². The Balaban J connectivity index is 1.49. The third kappa shape index (κ3) is 6.65. The van der Waals surface area contributed by atoms with Gasteiger partial charge in [0.2, 0.25) is 5.90 Å². The lowest BCUT2D eigenvalue weighted by Crippen LogP contribution is -2.06. The van der Waals surface area contributed by atoms with Crippen LogP contribution in [0.1, 0.15) is 23.6 Å². The number of carbonyl (C=O) groups excluding carboxylic acids is 2. The molecular formula is C29H23NO5. The van der Waals surface area contributed by atoms with Crippen LogP contribution < -0.4 is 9.47 Å². The van der Waals surface area contributed by atoms with E-state index in [1.165, 1.54) is 6.08 Å². The van der Waals surface area contributed by atoms with Gasteiger partial charge in [-0.1, -0.05) is 66.7 Å². The average molecular weight is 466 g/mol. The van der Waals surface area contributed by atoms with E-state index in [2.05, 4.69) is 4.99 Å². The normalized spacial score (nSPS) is 14.4. The van der Waals surface area contributed by atoms with Gasteiger partial charge in [-0.2, -0.15) is 0 Å². The summed E-state index contributed by atoms with van der Waals surface area (Å²) >= 11 is 0. The zero-order chi connectivity index (χ0) is 24.5. The van der Waals surface area contributed by atoms with Crippen molar-refractivity contribution < 1.29 is 23.8 Å². The van der Waals surface area contributed by atoms with Gasteiger partial charge in [-0.05, 0) is 54.0 Å². The zero-order valence-electron chi connectivity index (χ0n) is 19.1. The maximum atomic E-state index is 12.3. The van der Waals surface area contributed by atoms with Crippen LogP contribution in [0.2, 0.25) is 0 Å². The molecule has 1 aliphatic heterocycles. The highest BCUT2D eigenvalue weighted by atomic mass is 16.6. The largest absolute Gasteiger partial charge is 0.490 e. The number of nitrogens with zero attached hydrogens (tertiary/aromatic N) is 1. The van der Waals surface area contributed by atoms with Gasteiger partial charge in [0.15, 0.2) is 17.2 Å². The molecule has 4 rings (SSSR count).